The molecule has 1 aromatic rings. The number of anilines is 1. The third-order valence-corrected chi connectivity index (χ3v) is 2.39. The Morgan fingerprint density at radius 3 is 2.85 bits per heavy atom. The topological polar surface area (TPSA) is 25.4 Å². The lowest BCUT2D eigenvalue weighted by atomic mass is 10.3. The smallest absolute Gasteiger partial charge is 0.0822 e. The molecule has 0 saturated carbocycles. The van der Waals surface area contributed by atoms with Gasteiger partial charge in [0, 0.05) is 25.5 Å². The maximum atomic E-state index is 6.01. The van der Waals surface area contributed by atoms with Crippen LogP contribution >= 0.6 is 11.6 Å². The molecule has 1 aromatic heterocycles. The number of aromatic nitrogens is 1. The number of hydrogen-bond acceptors (Lipinski definition) is 3. The van der Waals surface area contributed by atoms with Crippen LogP contribution in [0.15, 0.2) is 18.5 Å². The van der Waals surface area contributed by atoms with Gasteiger partial charge in [-0.25, -0.2) is 0 Å². The van der Waals surface area contributed by atoms with Crippen LogP contribution in [-0.2, 0) is 4.74 Å². The fourth-order valence-electron chi connectivity index (χ4n) is 1.43. The van der Waals surface area contributed by atoms with Crippen molar-refractivity contribution in [2.75, 3.05) is 31.2 Å². The molecule has 2 rings (SSSR count). The zero-order valence-corrected chi connectivity index (χ0v) is 8.00. The van der Waals surface area contributed by atoms with Crippen molar-refractivity contribution in [3.05, 3.63) is 23.5 Å². The van der Waals surface area contributed by atoms with E-state index in [1.54, 1.807) is 12.4 Å². The number of morpholine rings is 1. The SMILES string of the molecule is Clc1cnccc1N1CCOCC1. The highest BCUT2D eigenvalue weighted by atomic mass is 35.5. The molecule has 2 heterocycles. The van der Waals surface area contributed by atoms with Gasteiger partial charge in [-0.3, -0.25) is 4.98 Å². The predicted molar refractivity (Wildman–Crippen MR) is 52.3 cm³/mol. The largest absolute Gasteiger partial charge is 0.378 e. The van der Waals surface area contributed by atoms with Crippen molar-refractivity contribution in [2.45, 2.75) is 0 Å². The van der Waals surface area contributed by atoms with Crippen LogP contribution in [0.1, 0.15) is 0 Å². The van der Waals surface area contributed by atoms with E-state index in [-0.39, 0.29) is 0 Å². The lowest BCUT2D eigenvalue weighted by Crippen LogP contribution is -2.36. The van der Waals surface area contributed by atoms with Gasteiger partial charge in [-0.1, -0.05) is 11.6 Å². The van der Waals surface area contributed by atoms with Crippen molar-refractivity contribution in [3.8, 4) is 0 Å². The normalized spacial score (nSPS) is 17.5. The molecule has 1 saturated heterocycles. The van der Waals surface area contributed by atoms with Crippen LogP contribution in [0.5, 0.6) is 0 Å². The molecule has 0 unspecified atom stereocenters. The Hall–Kier alpha value is -0.800. The number of nitrogens with zero attached hydrogens (tertiary/aromatic N) is 2. The van der Waals surface area contributed by atoms with Gasteiger partial charge in [-0.2, -0.15) is 0 Å². The van der Waals surface area contributed by atoms with Crippen LogP contribution in [0.25, 0.3) is 0 Å². The van der Waals surface area contributed by atoms with Crippen molar-refractivity contribution in [1.82, 2.24) is 4.98 Å². The van der Waals surface area contributed by atoms with Crippen LogP contribution in [-0.4, -0.2) is 31.3 Å². The Labute approximate surface area is 82.3 Å². The average Bonchev–Trinajstić information content (AvgIpc) is 2.20. The summed E-state index contributed by atoms with van der Waals surface area (Å²) in [6.07, 6.45) is 3.43. The summed E-state index contributed by atoms with van der Waals surface area (Å²) >= 11 is 6.01. The van der Waals surface area contributed by atoms with E-state index in [0.717, 1.165) is 32.0 Å². The third-order valence-electron chi connectivity index (χ3n) is 2.10. The monoisotopic (exact) mass is 198 g/mol. The van der Waals surface area contributed by atoms with Crippen LogP contribution in [0.4, 0.5) is 5.69 Å². The fraction of sp³-hybridized carbons (Fsp3) is 0.444. The second-order valence-corrected chi connectivity index (χ2v) is 3.33. The summed E-state index contributed by atoms with van der Waals surface area (Å²) < 4.78 is 5.26. The van der Waals surface area contributed by atoms with Gasteiger partial charge >= 0.3 is 0 Å². The highest BCUT2D eigenvalue weighted by Gasteiger charge is 2.13. The second kappa shape index (κ2) is 3.94. The lowest BCUT2D eigenvalue weighted by Gasteiger charge is -2.29. The maximum absolute atomic E-state index is 6.01. The molecule has 0 spiro atoms. The van der Waals surface area contributed by atoms with E-state index in [0.29, 0.717) is 5.02 Å². The summed E-state index contributed by atoms with van der Waals surface area (Å²) in [5.41, 5.74) is 1.06. The molecular weight excluding hydrogens is 188 g/mol. The molecule has 70 valence electrons. The first kappa shape index (κ1) is 8.78. The van der Waals surface area contributed by atoms with E-state index < -0.39 is 0 Å². The molecular formula is C9H11ClN2O. The first-order valence-corrected chi connectivity index (χ1v) is 4.68. The van der Waals surface area contributed by atoms with E-state index >= 15 is 0 Å². The zero-order chi connectivity index (χ0) is 9.10. The Morgan fingerprint density at radius 2 is 2.15 bits per heavy atom. The van der Waals surface area contributed by atoms with Crippen molar-refractivity contribution in [1.29, 1.82) is 0 Å². The number of hydrogen-bond donors (Lipinski definition) is 0. The van der Waals surface area contributed by atoms with Crippen LogP contribution < -0.4 is 4.90 Å². The van der Waals surface area contributed by atoms with Crippen LogP contribution in [0, 0.1) is 0 Å². The molecule has 0 atom stereocenters. The molecule has 1 aliphatic rings. The number of pyridine rings is 1. The molecule has 0 radical (unpaired) electrons. The first-order valence-electron chi connectivity index (χ1n) is 4.30. The molecule has 0 N–H and O–H groups in total. The van der Waals surface area contributed by atoms with Crippen molar-refractivity contribution < 1.29 is 4.74 Å². The summed E-state index contributed by atoms with van der Waals surface area (Å²) in [5, 5.41) is 0.712. The van der Waals surface area contributed by atoms with Gasteiger partial charge in [0.1, 0.15) is 0 Å². The Balaban J connectivity index is 2.18. The number of ether oxygens (including phenoxy) is 1. The van der Waals surface area contributed by atoms with E-state index in [1.807, 2.05) is 6.07 Å². The number of halogens is 1. The summed E-state index contributed by atoms with van der Waals surface area (Å²) in [7, 11) is 0. The standard InChI is InChI=1S/C9H11ClN2O/c10-8-7-11-2-1-9(8)12-3-5-13-6-4-12/h1-2,7H,3-6H2. The summed E-state index contributed by atoms with van der Waals surface area (Å²) in [4.78, 5) is 6.17. The molecule has 1 aliphatic heterocycles. The van der Waals surface area contributed by atoms with E-state index in [9.17, 15) is 0 Å². The molecule has 0 aliphatic carbocycles. The molecule has 0 aromatic carbocycles. The Bertz CT molecular complexity index is 287. The molecule has 0 bridgehead atoms. The van der Waals surface area contributed by atoms with E-state index in [2.05, 4.69) is 9.88 Å². The predicted octanol–water partition coefficient (Wildman–Crippen LogP) is 1.57. The van der Waals surface area contributed by atoms with E-state index in [1.165, 1.54) is 0 Å². The van der Waals surface area contributed by atoms with Gasteiger partial charge in [-0.05, 0) is 6.07 Å². The van der Waals surface area contributed by atoms with Gasteiger partial charge in [0.15, 0.2) is 0 Å². The average molecular weight is 199 g/mol. The molecule has 0 amide bonds. The van der Waals surface area contributed by atoms with Crippen molar-refractivity contribution in [3.63, 3.8) is 0 Å². The molecule has 13 heavy (non-hydrogen) atoms. The van der Waals surface area contributed by atoms with Gasteiger partial charge < -0.3 is 9.64 Å². The minimum absolute atomic E-state index is 0.712. The minimum Gasteiger partial charge on any atom is -0.378 e. The van der Waals surface area contributed by atoms with Crippen LogP contribution in [0.2, 0.25) is 5.02 Å². The molecule has 3 nitrogen and oxygen atoms in total. The summed E-state index contributed by atoms with van der Waals surface area (Å²) in [6, 6.07) is 1.94. The van der Waals surface area contributed by atoms with Crippen molar-refractivity contribution in [2.24, 2.45) is 0 Å². The zero-order valence-electron chi connectivity index (χ0n) is 7.24. The second-order valence-electron chi connectivity index (χ2n) is 2.93. The highest BCUT2D eigenvalue weighted by molar-refractivity contribution is 6.33. The third kappa shape index (κ3) is 1.92. The fourth-order valence-corrected chi connectivity index (χ4v) is 1.67. The maximum Gasteiger partial charge on any atom is 0.0822 e. The summed E-state index contributed by atoms with van der Waals surface area (Å²) in [6.45, 7) is 3.37. The van der Waals surface area contributed by atoms with Gasteiger partial charge in [0.05, 0.1) is 23.9 Å². The van der Waals surface area contributed by atoms with Gasteiger partial charge in [-0.15, -0.1) is 0 Å². The lowest BCUT2D eigenvalue weighted by molar-refractivity contribution is 0.122. The highest BCUT2D eigenvalue weighted by Crippen LogP contribution is 2.24. The Kier molecular flexibility index (Phi) is 2.66. The minimum atomic E-state index is 0.712. The van der Waals surface area contributed by atoms with Crippen LogP contribution in [0.3, 0.4) is 0 Å². The number of rotatable bonds is 1. The quantitative estimate of drug-likeness (QED) is 0.685. The van der Waals surface area contributed by atoms with Crippen molar-refractivity contribution >= 4 is 17.3 Å². The van der Waals surface area contributed by atoms with Gasteiger partial charge in [0.2, 0.25) is 0 Å². The summed E-state index contributed by atoms with van der Waals surface area (Å²) in [5.74, 6) is 0. The molecule has 4 heteroatoms. The molecule has 1 fully saturated rings. The van der Waals surface area contributed by atoms with Gasteiger partial charge in [0.25, 0.3) is 0 Å². The van der Waals surface area contributed by atoms with E-state index in [4.69, 9.17) is 16.3 Å². The first-order chi connectivity index (χ1) is 6.38. The Morgan fingerprint density at radius 1 is 1.38 bits per heavy atom.